The van der Waals surface area contributed by atoms with Crippen LogP contribution < -0.4 is 5.32 Å². The summed E-state index contributed by atoms with van der Waals surface area (Å²) in [6, 6.07) is 0. The third-order valence-corrected chi connectivity index (χ3v) is 3.37. The molecule has 0 aromatic heterocycles. The van der Waals surface area contributed by atoms with E-state index in [2.05, 4.69) is 25.4 Å². The summed E-state index contributed by atoms with van der Waals surface area (Å²) in [7, 11) is 0. The quantitative estimate of drug-likeness (QED) is 0.614. The van der Waals surface area contributed by atoms with Gasteiger partial charge < -0.3 is 5.32 Å². The molecule has 0 aliphatic rings. The van der Waals surface area contributed by atoms with Crippen molar-refractivity contribution in [3.8, 4) is 0 Å². The van der Waals surface area contributed by atoms with E-state index in [1.165, 1.54) is 23.8 Å². The number of hydrogen-bond donors (Lipinski definition) is 1. The number of rotatable bonds is 8. The highest BCUT2D eigenvalue weighted by Gasteiger charge is 1.98. The van der Waals surface area contributed by atoms with E-state index in [-0.39, 0.29) is 0 Å². The standard InChI is InChI=1S/C9H21NS2/c1-4-12-6-5-10-7-9(2)8-11-3/h9-10H,4-8H2,1-3H3. The van der Waals surface area contributed by atoms with Crippen molar-refractivity contribution >= 4 is 23.5 Å². The van der Waals surface area contributed by atoms with Crippen molar-refractivity contribution in [2.24, 2.45) is 5.92 Å². The van der Waals surface area contributed by atoms with Crippen molar-refractivity contribution in [2.75, 3.05) is 36.6 Å². The average molecular weight is 207 g/mol. The maximum absolute atomic E-state index is 3.47. The number of thioether (sulfide) groups is 2. The summed E-state index contributed by atoms with van der Waals surface area (Å²) >= 11 is 3.94. The Bertz CT molecular complexity index is 88.6. The second-order valence-corrected chi connectivity index (χ2v) is 5.27. The maximum Gasteiger partial charge on any atom is 0.00580 e. The predicted octanol–water partition coefficient (Wildman–Crippen LogP) is 2.33. The Balaban J connectivity index is 2.97. The van der Waals surface area contributed by atoms with Crippen LogP contribution >= 0.6 is 23.5 Å². The fourth-order valence-electron chi connectivity index (χ4n) is 0.981. The predicted molar refractivity (Wildman–Crippen MR) is 63.4 cm³/mol. The first kappa shape index (κ1) is 12.7. The van der Waals surface area contributed by atoms with Crippen LogP contribution in [0.15, 0.2) is 0 Å². The zero-order chi connectivity index (χ0) is 9.23. The first-order chi connectivity index (χ1) is 5.81. The Morgan fingerprint density at radius 3 is 2.75 bits per heavy atom. The third-order valence-electron chi connectivity index (χ3n) is 1.57. The van der Waals surface area contributed by atoms with E-state index < -0.39 is 0 Å². The largest absolute Gasteiger partial charge is 0.316 e. The van der Waals surface area contributed by atoms with E-state index in [0.29, 0.717) is 0 Å². The lowest BCUT2D eigenvalue weighted by atomic mass is 10.2. The van der Waals surface area contributed by atoms with E-state index in [9.17, 15) is 0 Å². The molecule has 1 atom stereocenters. The minimum Gasteiger partial charge on any atom is -0.316 e. The molecule has 3 heteroatoms. The van der Waals surface area contributed by atoms with Crippen molar-refractivity contribution in [1.82, 2.24) is 5.32 Å². The van der Waals surface area contributed by atoms with Gasteiger partial charge in [-0.3, -0.25) is 0 Å². The van der Waals surface area contributed by atoms with Crippen molar-refractivity contribution in [3.05, 3.63) is 0 Å². The summed E-state index contributed by atoms with van der Waals surface area (Å²) < 4.78 is 0. The molecule has 0 aliphatic heterocycles. The van der Waals surface area contributed by atoms with Crippen LogP contribution in [-0.4, -0.2) is 36.6 Å². The highest BCUT2D eigenvalue weighted by atomic mass is 32.2. The van der Waals surface area contributed by atoms with Gasteiger partial charge in [0.2, 0.25) is 0 Å². The highest BCUT2D eigenvalue weighted by molar-refractivity contribution is 7.99. The van der Waals surface area contributed by atoms with Crippen molar-refractivity contribution < 1.29 is 0 Å². The Morgan fingerprint density at radius 1 is 1.42 bits per heavy atom. The molecule has 1 unspecified atom stereocenters. The van der Waals surface area contributed by atoms with E-state index in [0.717, 1.165) is 12.5 Å². The summed E-state index contributed by atoms with van der Waals surface area (Å²) in [5.41, 5.74) is 0. The summed E-state index contributed by atoms with van der Waals surface area (Å²) in [6.45, 7) is 6.85. The van der Waals surface area contributed by atoms with Gasteiger partial charge in [0, 0.05) is 12.3 Å². The summed E-state index contributed by atoms with van der Waals surface area (Å²) in [5.74, 6) is 4.57. The molecule has 0 spiro atoms. The second kappa shape index (κ2) is 9.75. The molecule has 0 fully saturated rings. The van der Waals surface area contributed by atoms with Gasteiger partial charge in [0.1, 0.15) is 0 Å². The van der Waals surface area contributed by atoms with Gasteiger partial charge >= 0.3 is 0 Å². The zero-order valence-corrected chi connectivity index (χ0v) is 10.1. The van der Waals surface area contributed by atoms with E-state index in [4.69, 9.17) is 0 Å². The van der Waals surface area contributed by atoms with Gasteiger partial charge in [-0.15, -0.1) is 0 Å². The minimum absolute atomic E-state index is 0.812. The lowest BCUT2D eigenvalue weighted by Crippen LogP contribution is -2.24. The second-order valence-electron chi connectivity index (χ2n) is 2.96. The Morgan fingerprint density at radius 2 is 2.17 bits per heavy atom. The molecule has 0 bridgehead atoms. The van der Waals surface area contributed by atoms with Crippen molar-refractivity contribution in [2.45, 2.75) is 13.8 Å². The maximum atomic E-state index is 3.47. The minimum atomic E-state index is 0.812. The molecule has 0 amide bonds. The Kier molecular flexibility index (Phi) is 10.3. The van der Waals surface area contributed by atoms with E-state index in [1.54, 1.807) is 0 Å². The Labute approximate surface area is 85.5 Å². The van der Waals surface area contributed by atoms with Crippen LogP contribution in [0.25, 0.3) is 0 Å². The summed E-state index contributed by atoms with van der Waals surface area (Å²) in [6.07, 6.45) is 2.17. The SMILES string of the molecule is CCSCCNCC(C)CSC. The lowest BCUT2D eigenvalue weighted by molar-refractivity contribution is 0.576. The van der Waals surface area contributed by atoms with Gasteiger partial charge in [-0.1, -0.05) is 13.8 Å². The fourth-order valence-corrected chi connectivity index (χ4v) is 2.24. The van der Waals surface area contributed by atoms with Gasteiger partial charge in [0.15, 0.2) is 0 Å². The first-order valence-corrected chi connectivity index (χ1v) is 7.13. The molecule has 0 radical (unpaired) electrons. The van der Waals surface area contributed by atoms with Gasteiger partial charge in [-0.25, -0.2) is 0 Å². The topological polar surface area (TPSA) is 12.0 Å². The zero-order valence-electron chi connectivity index (χ0n) is 8.43. The van der Waals surface area contributed by atoms with E-state index >= 15 is 0 Å². The number of nitrogens with one attached hydrogen (secondary N) is 1. The van der Waals surface area contributed by atoms with E-state index in [1.807, 2.05) is 23.5 Å². The van der Waals surface area contributed by atoms with Crippen LogP contribution in [0.4, 0.5) is 0 Å². The van der Waals surface area contributed by atoms with Gasteiger partial charge in [0.05, 0.1) is 0 Å². The lowest BCUT2D eigenvalue weighted by Gasteiger charge is -2.10. The smallest absolute Gasteiger partial charge is 0.00580 e. The molecule has 0 aliphatic carbocycles. The van der Waals surface area contributed by atoms with Crippen LogP contribution in [0.2, 0.25) is 0 Å². The van der Waals surface area contributed by atoms with Crippen molar-refractivity contribution in [1.29, 1.82) is 0 Å². The molecule has 0 saturated carbocycles. The average Bonchev–Trinajstić information content (AvgIpc) is 2.05. The van der Waals surface area contributed by atoms with Crippen LogP contribution in [0.3, 0.4) is 0 Å². The monoisotopic (exact) mass is 207 g/mol. The number of hydrogen-bond acceptors (Lipinski definition) is 3. The molecule has 1 N–H and O–H groups in total. The van der Waals surface area contributed by atoms with Gasteiger partial charge in [-0.2, -0.15) is 23.5 Å². The molecule has 12 heavy (non-hydrogen) atoms. The molecular weight excluding hydrogens is 186 g/mol. The molecule has 0 rings (SSSR count). The van der Waals surface area contributed by atoms with Gasteiger partial charge in [0.25, 0.3) is 0 Å². The normalized spacial score (nSPS) is 13.2. The molecular formula is C9H21NS2. The molecule has 0 aromatic rings. The molecule has 0 saturated heterocycles. The fraction of sp³-hybridized carbons (Fsp3) is 1.00. The highest BCUT2D eigenvalue weighted by Crippen LogP contribution is 2.02. The first-order valence-electron chi connectivity index (χ1n) is 4.58. The third kappa shape index (κ3) is 8.75. The van der Waals surface area contributed by atoms with Crippen LogP contribution in [0, 0.1) is 5.92 Å². The summed E-state index contributed by atoms with van der Waals surface area (Å²) in [5, 5.41) is 3.47. The molecule has 0 aromatic carbocycles. The van der Waals surface area contributed by atoms with Gasteiger partial charge in [-0.05, 0) is 30.2 Å². The molecule has 74 valence electrons. The molecule has 0 heterocycles. The Hall–Kier alpha value is 0.660. The van der Waals surface area contributed by atoms with Crippen LogP contribution in [0.5, 0.6) is 0 Å². The molecule has 1 nitrogen and oxygen atoms in total. The summed E-state index contributed by atoms with van der Waals surface area (Å²) in [4.78, 5) is 0. The van der Waals surface area contributed by atoms with Crippen molar-refractivity contribution in [3.63, 3.8) is 0 Å². The van der Waals surface area contributed by atoms with Crippen LogP contribution in [-0.2, 0) is 0 Å². The van der Waals surface area contributed by atoms with Crippen LogP contribution in [0.1, 0.15) is 13.8 Å².